The van der Waals surface area contributed by atoms with Gasteiger partial charge in [-0.05, 0) is 45.4 Å². The molecule has 0 amide bonds. The van der Waals surface area contributed by atoms with Gasteiger partial charge in [0.25, 0.3) is 0 Å². The van der Waals surface area contributed by atoms with E-state index in [1.54, 1.807) is 7.11 Å². The quantitative estimate of drug-likeness (QED) is 0.929. The fourth-order valence-corrected chi connectivity index (χ4v) is 1.74. The van der Waals surface area contributed by atoms with Crippen molar-refractivity contribution < 1.29 is 9.15 Å². The first kappa shape index (κ1) is 14.5. The monoisotopic (exact) mass is 275 g/mol. The van der Waals surface area contributed by atoms with Gasteiger partial charge in [0.2, 0.25) is 11.8 Å². The minimum atomic E-state index is 0.0156. The summed E-state index contributed by atoms with van der Waals surface area (Å²) in [5.74, 6) is 1.90. The lowest BCUT2D eigenvalue weighted by Gasteiger charge is -2.18. The Bertz CT molecular complexity index is 585. The van der Waals surface area contributed by atoms with Crippen LogP contribution in [-0.2, 0) is 6.54 Å². The molecule has 0 unspecified atom stereocenters. The fraction of sp³-hybridized carbons (Fsp3) is 0.467. The molecule has 1 aromatic carbocycles. The first-order chi connectivity index (χ1) is 9.39. The van der Waals surface area contributed by atoms with Crippen molar-refractivity contribution in [1.82, 2.24) is 15.5 Å². The van der Waals surface area contributed by atoms with Gasteiger partial charge in [0, 0.05) is 11.1 Å². The predicted octanol–water partition coefficient (Wildman–Crippen LogP) is 2.94. The van der Waals surface area contributed by atoms with E-state index in [-0.39, 0.29) is 5.54 Å². The molecule has 2 aromatic rings. The highest BCUT2D eigenvalue weighted by Crippen LogP contribution is 2.25. The summed E-state index contributed by atoms with van der Waals surface area (Å²) in [5, 5.41) is 11.4. The van der Waals surface area contributed by atoms with Crippen LogP contribution in [0, 0.1) is 6.92 Å². The molecule has 0 spiro atoms. The lowest BCUT2D eigenvalue weighted by atomic mass is 10.1. The molecule has 0 fully saturated rings. The van der Waals surface area contributed by atoms with Gasteiger partial charge in [-0.2, -0.15) is 0 Å². The zero-order valence-corrected chi connectivity index (χ0v) is 12.7. The van der Waals surface area contributed by atoms with Crippen LogP contribution in [-0.4, -0.2) is 22.8 Å². The molecule has 0 saturated carbocycles. The summed E-state index contributed by atoms with van der Waals surface area (Å²) in [6.07, 6.45) is 0. The van der Waals surface area contributed by atoms with Gasteiger partial charge in [-0.25, -0.2) is 0 Å². The van der Waals surface area contributed by atoms with Crippen LogP contribution >= 0.6 is 0 Å². The summed E-state index contributed by atoms with van der Waals surface area (Å²) in [6, 6.07) is 5.83. The number of aryl methyl sites for hydroxylation is 1. The molecule has 2 rings (SSSR count). The van der Waals surface area contributed by atoms with Crippen molar-refractivity contribution >= 4 is 0 Å². The zero-order valence-electron chi connectivity index (χ0n) is 12.7. The number of ether oxygens (including phenoxy) is 1. The number of benzene rings is 1. The zero-order chi connectivity index (χ0) is 14.8. The lowest BCUT2D eigenvalue weighted by molar-refractivity contribution is 0.383. The highest BCUT2D eigenvalue weighted by atomic mass is 16.5. The van der Waals surface area contributed by atoms with Gasteiger partial charge in [-0.1, -0.05) is 6.07 Å². The molecule has 0 saturated heterocycles. The topological polar surface area (TPSA) is 60.2 Å². The SMILES string of the molecule is COc1cc(-c2nnc(CNC(C)(C)C)o2)ccc1C. The van der Waals surface area contributed by atoms with Gasteiger partial charge in [0.05, 0.1) is 13.7 Å². The standard InChI is InChI=1S/C15H21N3O2/c1-10-6-7-11(8-12(10)19-5)14-18-17-13(20-14)9-16-15(2,3)4/h6-8,16H,9H2,1-5H3. The van der Waals surface area contributed by atoms with Gasteiger partial charge < -0.3 is 14.5 Å². The fourth-order valence-electron chi connectivity index (χ4n) is 1.74. The normalized spacial score (nSPS) is 11.7. The van der Waals surface area contributed by atoms with Crippen molar-refractivity contribution in [1.29, 1.82) is 0 Å². The number of hydrogen-bond acceptors (Lipinski definition) is 5. The average molecular weight is 275 g/mol. The number of nitrogens with one attached hydrogen (secondary N) is 1. The summed E-state index contributed by atoms with van der Waals surface area (Å²) >= 11 is 0. The molecule has 5 heteroatoms. The maximum atomic E-state index is 5.66. The van der Waals surface area contributed by atoms with Gasteiger partial charge in [-0.3, -0.25) is 0 Å². The average Bonchev–Trinajstić information content (AvgIpc) is 2.85. The van der Waals surface area contributed by atoms with Crippen molar-refractivity contribution in [3.05, 3.63) is 29.7 Å². The number of aromatic nitrogens is 2. The molecular weight excluding hydrogens is 254 g/mol. The van der Waals surface area contributed by atoms with Crippen molar-refractivity contribution in [2.45, 2.75) is 39.8 Å². The highest BCUT2D eigenvalue weighted by Gasteiger charge is 2.13. The minimum Gasteiger partial charge on any atom is -0.496 e. The first-order valence-corrected chi connectivity index (χ1v) is 6.61. The molecule has 108 valence electrons. The van der Waals surface area contributed by atoms with Gasteiger partial charge in [0.1, 0.15) is 5.75 Å². The second-order valence-corrected chi connectivity index (χ2v) is 5.79. The molecule has 5 nitrogen and oxygen atoms in total. The summed E-state index contributed by atoms with van der Waals surface area (Å²) in [5.41, 5.74) is 1.95. The summed E-state index contributed by atoms with van der Waals surface area (Å²) in [4.78, 5) is 0. The number of methoxy groups -OCH3 is 1. The van der Waals surface area contributed by atoms with Crippen LogP contribution in [0.15, 0.2) is 22.6 Å². The van der Waals surface area contributed by atoms with Gasteiger partial charge >= 0.3 is 0 Å². The Hall–Kier alpha value is -1.88. The highest BCUT2D eigenvalue weighted by molar-refractivity contribution is 5.57. The van der Waals surface area contributed by atoms with Crippen molar-refractivity contribution in [2.24, 2.45) is 0 Å². The van der Waals surface area contributed by atoms with Crippen LogP contribution in [0.1, 0.15) is 32.2 Å². The van der Waals surface area contributed by atoms with E-state index in [0.717, 1.165) is 16.9 Å². The molecule has 0 aliphatic heterocycles. The number of rotatable bonds is 4. The van der Waals surface area contributed by atoms with E-state index in [1.165, 1.54) is 0 Å². The Morgan fingerprint density at radius 3 is 2.65 bits per heavy atom. The molecule has 1 heterocycles. The summed E-state index contributed by atoms with van der Waals surface area (Å²) in [7, 11) is 1.65. The van der Waals surface area contributed by atoms with Gasteiger partial charge in [0.15, 0.2) is 0 Å². The van der Waals surface area contributed by atoms with Crippen molar-refractivity contribution in [2.75, 3.05) is 7.11 Å². The van der Waals surface area contributed by atoms with Crippen molar-refractivity contribution in [3.63, 3.8) is 0 Å². The van der Waals surface area contributed by atoms with Gasteiger partial charge in [-0.15, -0.1) is 10.2 Å². The Balaban J connectivity index is 2.16. The molecule has 0 aliphatic carbocycles. The largest absolute Gasteiger partial charge is 0.496 e. The molecular formula is C15H21N3O2. The van der Waals surface area contributed by atoms with E-state index in [4.69, 9.17) is 9.15 Å². The maximum absolute atomic E-state index is 5.66. The van der Waals surface area contributed by atoms with E-state index >= 15 is 0 Å². The minimum absolute atomic E-state index is 0.0156. The van der Waals surface area contributed by atoms with Crippen molar-refractivity contribution in [3.8, 4) is 17.2 Å². The number of hydrogen-bond donors (Lipinski definition) is 1. The first-order valence-electron chi connectivity index (χ1n) is 6.61. The van der Waals surface area contributed by atoms with Crippen LogP contribution in [0.3, 0.4) is 0 Å². The second-order valence-electron chi connectivity index (χ2n) is 5.79. The Kier molecular flexibility index (Phi) is 4.09. The molecule has 0 atom stereocenters. The van der Waals surface area contributed by atoms with Crippen LogP contribution in [0.5, 0.6) is 5.75 Å². The van der Waals surface area contributed by atoms with Crippen LogP contribution in [0.25, 0.3) is 11.5 Å². The lowest BCUT2D eigenvalue weighted by Crippen LogP contribution is -2.35. The van der Waals surface area contributed by atoms with E-state index in [1.807, 2.05) is 25.1 Å². The molecule has 1 N–H and O–H groups in total. The molecule has 0 radical (unpaired) electrons. The molecule has 0 bridgehead atoms. The molecule has 0 aliphatic rings. The Morgan fingerprint density at radius 2 is 2.00 bits per heavy atom. The number of nitrogens with zero attached hydrogens (tertiary/aromatic N) is 2. The predicted molar refractivity (Wildman–Crippen MR) is 77.6 cm³/mol. The summed E-state index contributed by atoms with van der Waals surface area (Å²) < 4.78 is 11.0. The molecule has 20 heavy (non-hydrogen) atoms. The third-order valence-corrected chi connectivity index (χ3v) is 2.89. The Labute approximate surface area is 119 Å². The van der Waals surface area contributed by atoms with E-state index < -0.39 is 0 Å². The Morgan fingerprint density at radius 1 is 1.25 bits per heavy atom. The van der Waals surface area contributed by atoms with E-state index in [0.29, 0.717) is 18.3 Å². The van der Waals surface area contributed by atoms with Crippen LogP contribution in [0.2, 0.25) is 0 Å². The van der Waals surface area contributed by atoms with Crippen LogP contribution in [0.4, 0.5) is 0 Å². The third kappa shape index (κ3) is 3.57. The smallest absolute Gasteiger partial charge is 0.247 e. The van der Waals surface area contributed by atoms with E-state index in [2.05, 4.69) is 36.3 Å². The van der Waals surface area contributed by atoms with Crippen LogP contribution < -0.4 is 10.1 Å². The molecule has 1 aromatic heterocycles. The second kappa shape index (κ2) is 5.63. The third-order valence-electron chi connectivity index (χ3n) is 2.89. The summed E-state index contributed by atoms with van der Waals surface area (Å²) in [6.45, 7) is 8.83. The van der Waals surface area contributed by atoms with E-state index in [9.17, 15) is 0 Å². The maximum Gasteiger partial charge on any atom is 0.247 e.